The van der Waals surface area contributed by atoms with E-state index in [1.807, 2.05) is 25.1 Å². The lowest BCUT2D eigenvalue weighted by atomic mass is 10.2. The van der Waals surface area contributed by atoms with Crippen LogP contribution < -0.4 is 15.4 Å². The van der Waals surface area contributed by atoms with Gasteiger partial charge in [-0.15, -0.1) is 0 Å². The summed E-state index contributed by atoms with van der Waals surface area (Å²) in [6.07, 6.45) is 1.40. The van der Waals surface area contributed by atoms with Crippen molar-refractivity contribution in [2.75, 3.05) is 23.4 Å². The van der Waals surface area contributed by atoms with E-state index in [4.69, 9.17) is 4.74 Å². The van der Waals surface area contributed by atoms with Crippen LogP contribution in [-0.4, -0.2) is 36.0 Å². The molecule has 1 fully saturated rings. The molecule has 1 aromatic rings. The molecule has 2 amide bonds. The minimum absolute atomic E-state index is 0.0693. The molecule has 0 aromatic heterocycles. The SMILES string of the molecule is CCCOc1cccc(NC(=O)[C@@H]2CSCCC(=O)N2)c1. The van der Waals surface area contributed by atoms with E-state index in [-0.39, 0.29) is 11.8 Å². The number of nitrogens with one attached hydrogen (secondary N) is 2. The Bertz CT molecular complexity index is 507. The summed E-state index contributed by atoms with van der Waals surface area (Å²) in [7, 11) is 0. The van der Waals surface area contributed by atoms with Crippen molar-refractivity contribution >= 4 is 29.3 Å². The van der Waals surface area contributed by atoms with E-state index >= 15 is 0 Å². The molecule has 1 aromatic carbocycles. The molecule has 0 saturated carbocycles. The van der Waals surface area contributed by atoms with E-state index in [1.54, 1.807) is 17.8 Å². The maximum Gasteiger partial charge on any atom is 0.247 e. The maximum absolute atomic E-state index is 12.2. The predicted octanol–water partition coefficient (Wildman–Crippen LogP) is 2.04. The molecular formula is C15H20N2O3S. The van der Waals surface area contributed by atoms with Crippen molar-refractivity contribution in [2.45, 2.75) is 25.8 Å². The molecule has 2 rings (SSSR count). The summed E-state index contributed by atoms with van der Waals surface area (Å²) in [6.45, 7) is 2.69. The van der Waals surface area contributed by atoms with E-state index in [9.17, 15) is 9.59 Å². The van der Waals surface area contributed by atoms with Crippen LogP contribution in [0.25, 0.3) is 0 Å². The van der Waals surface area contributed by atoms with Crippen LogP contribution in [0.1, 0.15) is 19.8 Å². The Kier molecular flexibility index (Phi) is 5.92. The minimum Gasteiger partial charge on any atom is -0.494 e. The largest absolute Gasteiger partial charge is 0.494 e. The fourth-order valence-electron chi connectivity index (χ4n) is 1.93. The predicted molar refractivity (Wildman–Crippen MR) is 84.7 cm³/mol. The molecule has 6 heteroatoms. The zero-order chi connectivity index (χ0) is 15.1. The van der Waals surface area contributed by atoms with Gasteiger partial charge in [0.1, 0.15) is 11.8 Å². The molecule has 2 N–H and O–H groups in total. The average Bonchev–Trinajstić information content (AvgIpc) is 2.70. The zero-order valence-corrected chi connectivity index (χ0v) is 12.9. The normalized spacial score (nSPS) is 18.5. The van der Waals surface area contributed by atoms with Gasteiger partial charge >= 0.3 is 0 Å². The number of amides is 2. The highest BCUT2D eigenvalue weighted by Crippen LogP contribution is 2.18. The molecular weight excluding hydrogens is 288 g/mol. The van der Waals surface area contributed by atoms with E-state index in [2.05, 4.69) is 10.6 Å². The first-order valence-electron chi connectivity index (χ1n) is 7.10. The second kappa shape index (κ2) is 7.93. The van der Waals surface area contributed by atoms with E-state index in [0.29, 0.717) is 24.5 Å². The van der Waals surface area contributed by atoms with Crippen LogP contribution in [0.3, 0.4) is 0 Å². The zero-order valence-electron chi connectivity index (χ0n) is 12.1. The molecule has 0 aliphatic carbocycles. The molecule has 21 heavy (non-hydrogen) atoms. The Hall–Kier alpha value is -1.69. The molecule has 114 valence electrons. The maximum atomic E-state index is 12.2. The number of rotatable bonds is 5. The number of carbonyl (C=O) groups excluding carboxylic acids is 2. The Morgan fingerprint density at radius 2 is 2.38 bits per heavy atom. The monoisotopic (exact) mass is 308 g/mol. The second-order valence-electron chi connectivity index (χ2n) is 4.81. The van der Waals surface area contributed by atoms with Crippen molar-refractivity contribution < 1.29 is 14.3 Å². The molecule has 1 aliphatic rings. The van der Waals surface area contributed by atoms with Crippen molar-refractivity contribution in [3.05, 3.63) is 24.3 Å². The lowest BCUT2D eigenvalue weighted by Gasteiger charge is -2.15. The molecule has 5 nitrogen and oxygen atoms in total. The summed E-state index contributed by atoms with van der Waals surface area (Å²) in [4.78, 5) is 23.7. The van der Waals surface area contributed by atoms with Crippen molar-refractivity contribution in [2.24, 2.45) is 0 Å². The van der Waals surface area contributed by atoms with Crippen molar-refractivity contribution in [1.29, 1.82) is 0 Å². The average molecular weight is 308 g/mol. The van der Waals surface area contributed by atoms with Gasteiger partial charge in [-0.2, -0.15) is 11.8 Å². The van der Waals surface area contributed by atoms with Crippen LogP contribution in [0.15, 0.2) is 24.3 Å². The summed E-state index contributed by atoms with van der Waals surface area (Å²) >= 11 is 1.61. The fraction of sp³-hybridized carbons (Fsp3) is 0.467. The summed E-state index contributed by atoms with van der Waals surface area (Å²) in [6, 6.07) is 6.81. The van der Waals surface area contributed by atoms with E-state index < -0.39 is 6.04 Å². The molecule has 1 atom stereocenters. The van der Waals surface area contributed by atoms with Crippen molar-refractivity contribution in [1.82, 2.24) is 5.32 Å². The van der Waals surface area contributed by atoms with Crippen molar-refractivity contribution in [3.8, 4) is 5.75 Å². The standard InChI is InChI=1S/C15H20N2O3S/c1-2-7-20-12-5-3-4-11(9-12)16-15(19)13-10-21-8-6-14(18)17-13/h3-5,9,13H,2,6-8,10H2,1H3,(H,16,19)(H,17,18)/t13-/m0/s1. The third kappa shape index (κ3) is 4.97. The number of hydrogen-bond donors (Lipinski definition) is 2. The van der Waals surface area contributed by atoms with Gasteiger partial charge in [0.05, 0.1) is 6.61 Å². The van der Waals surface area contributed by atoms with E-state index in [1.165, 1.54) is 0 Å². The Labute approximate surface area is 128 Å². The quantitative estimate of drug-likeness (QED) is 0.873. The van der Waals surface area contributed by atoms with Crippen molar-refractivity contribution in [3.63, 3.8) is 0 Å². The highest BCUT2D eigenvalue weighted by molar-refractivity contribution is 7.99. The smallest absolute Gasteiger partial charge is 0.247 e. The molecule has 0 spiro atoms. The number of ether oxygens (including phenoxy) is 1. The summed E-state index contributed by atoms with van der Waals surface area (Å²) in [5, 5.41) is 5.57. The van der Waals surface area contributed by atoms with E-state index in [0.717, 1.165) is 17.9 Å². The van der Waals surface area contributed by atoms with Crippen LogP contribution in [0, 0.1) is 0 Å². The van der Waals surface area contributed by atoms with Crippen LogP contribution in [0.5, 0.6) is 5.75 Å². The molecule has 1 saturated heterocycles. The Morgan fingerprint density at radius 1 is 1.52 bits per heavy atom. The second-order valence-corrected chi connectivity index (χ2v) is 5.96. The fourth-order valence-corrected chi connectivity index (χ4v) is 2.90. The molecule has 0 bridgehead atoms. The summed E-state index contributed by atoms with van der Waals surface area (Å²) in [5.41, 5.74) is 0.678. The van der Waals surface area contributed by atoms with Crippen LogP contribution in [0.4, 0.5) is 5.69 Å². The first kappa shape index (κ1) is 15.7. The number of hydrogen-bond acceptors (Lipinski definition) is 4. The highest BCUT2D eigenvalue weighted by Gasteiger charge is 2.23. The van der Waals surface area contributed by atoms with Gasteiger partial charge in [-0.3, -0.25) is 9.59 Å². The van der Waals surface area contributed by atoms with Gasteiger partial charge in [-0.05, 0) is 18.6 Å². The van der Waals surface area contributed by atoms with Gasteiger partial charge in [0.15, 0.2) is 0 Å². The third-order valence-electron chi connectivity index (χ3n) is 2.98. The van der Waals surface area contributed by atoms with Crippen LogP contribution >= 0.6 is 11.8 Å². The van der Waals surface area contributed by atoms with Gasteiger partial charge < -0.3 is 15.4 Å². The lowest BCUT2D eigenvalue weighted by molar-refractivity contribution is -0.125. The molecule has 0 unspecified atom stereocenters. The topological polar surface area (TPSA) is 67.4 Å². The van der Waals surface area contributed by atoms with Gasteiger partial charge in [0.2, 0.25) is 11.8 Å². The number of thioether (sulfide) groups is 1. The number of benzene rings is 1. The van der Waals surface area contributed by atoms with Gasteiger partial charge in [-0.1, -0.05) is 13.0 Å². The van der Waals surface area contributed by atoms with Gasteiger partial charge in [0.25, 0.3) is 0 Å². The number of carbonyl (C=O) groups is 2. The van der Waals surface area contributed by atoms with Gasteiger partial charge in [-0.25, -0.2) is 0 Å². The first-order chi connectivity index (χ1) is 10.2. The Morgan fingerprint density at radius 3 is 3.19 bits per heavy atom. The minimum atomic E-state index is -0.481. The summed E-state index contributed by atoms with van der Waals surface area (Å²) in [5.74, 6) is 1.83. The Balaban J connectivity index is 1.96. The summed E-state index contributed by atoms with van der Waals surface area (Å²) < 4.78 is 5.53. The van der Waals surface area contributed by atoms with Crippen LogP contribution in [-0.2, 0) is 9.59 Å². The highest BCUT2D eigenvalue weighted by atomic mass is 32.2. The van der Waals surface area contributed by atoms with Crippen LogP contribution in [0.2, 0.25) is 0 Å². The lowest BCUT2D eigenvalue weighted by Crippen LogP contribution is -2.44. The molecule has 1 aliphatic heterocycles. The third-order valence-corrected chi connectivity index (χ3v) is 4.05. The molecule has 0 radical (unpaired) electrons. The number of anilines is 1. The van der Waals surface area contributed by atoms with Gasteiger partial charge in [0, 0.05) is 29.7 Å². The molecule has 1 heterocycles. The first-order valence-corrected chi connectivity index (χ1v) is 8.25.